The van der Waals surface area contributed by atoms with Crippen molar-refractivity contribution in [3.05, 3.63) is 299 Å². The summed E-state index contributed by atoms with van der Waals surface area (Å²) in [5.41, 5.74) is 27.3. The van der Waals surface area contributed by atoms with Crippen molar-refractivity contribution in [1.82, 2.24) is 0 Å². The summed E-state index contributed by atoms with van der Waals surface area (Å²) in [4.78, 5) is 2.75. The maximum absolute atomic E-state index is 2.75. The number of anilines is 3. The van der Waals surface area contributed by atoms with Crippen LogP contribution in [0.25, 0.3) is 0 Å². The molecule has 0 saturated carbocycles. The fraction of sp³-hybridized carbons (Fsp3) is 0.182. The van der Waals surface area contributed by atoms with E-state index in [4.69, 9.17) is 0 Å². The van der Waals surface area contributed by atoms with Gasteiger partial charge in [0.25, 0.3) is 0 Å². The van der Waals surface area contributed by atoms with Gasteiger partial charge in [0.05, 0.1) is 33.3 Å². The Kier molecular flexibility index (Phi) is 9.60. The first-order valence-corrected chi connectivity index (χ1v) is 23.7. The summed E-state index contributed by atoms with van der Waals surface area (Å²) < 4.78 is 0. The summed E-state index contributed by atoms with van der Waals surface area (Å²) in [7, 11) is 0. The molecule has 9 aromatic rings. The minimum absolute atomic E-state index is 0. The van der Waals surface area contributed by atoms with Crippen LogP contribution in [0.3, 0.4) is 0 Å². The maximum Gasteiger partial charge on any atom is 0.0742 e. The van der Waals surface area contributed by atoms with Gasteiger partial charge < -0.3 is 4.90 Å². The lowest BCUT2D eigenvalue weighted by Crippen LogP contribution is -2.49. The molecule has 330 valence electrons. The summed E-state index contributed by atoms with van der Waals surface area (Å²) in [6.07, 6.45) is 0. The molecular weight excluding hydrogens is 807 g/mol. The maximum atomic E-state index is 2.75. The Balaban J connectivity index is 0.00000269. The Morgan fingerprint density at radius 1 is 0.254 bits per heavy atom. The van der Waals surface area contributed by atoms with E-state index in [1.54, 1.807) is 0 Å². The zero-order valence-corrected chi connectivity index (χ0v) is 39.3. The van der Waals surface area contributed by atoms with Gasteiger partial charge in [-0.15, -0.1) is 0 Å². The number of nitrogens with zero attached hydrogens (tertiary/aromatic N) is 1. The molecule has 9 aromatic carbocycles. The number of benzene rings is 9. The van der Waals surface area contributed by atoms with Crippen molar-refractivity contribution in [3.63, 3.8) is 0 Å². The molecule has 0 aliphatic carbocycles. The first-order valence-electron chi connectivity index (χ1n) is 23.7. The highest BCUT2D eigenvalue weighted by Gasteiger charge is 2.60. The van der Waals surface area contributed by atoms with E-state index in [-0.39, 0.29) is 8.85 Å². The van der Waals surface area contributed by atoms with Crippen molar-refractivity contribution in [1.29, 1.82) is 0 Å². The summed E-state index contributed by atoms with van der Waals surface area (Å²) in [6.45, 7) is 17.9. The van der Waals surface area contributed by atoms with Crippen molar-refractivity contribution < 1.29 is 1.43 Å². The number of para-hydroxylation sites is 1. The van der Waals surface area contributed by atoms with Gasteiger partial charge in [0.2, 0.25) is 0 Å². The molecule has 0 radical (unpaired) electrons. The summed E-state index contributed by atoms with van der Waals surface area (Å²) >= 11 is 0. The lowest BCUT2D eigenvalue weighted by molar-refractivity contribution is 0.652. The van der Waals surface area contributed by atoms with Gasteiger partial charge in [-0.05, 0) is 122 Å². The Morgan fingerprint density at radius 2 is 0.448 bits per heavy atom. The average Bonchev–Trinajstić information content (AvgIpc) is 3.31. The molecule has 0 bridgehead atoms. The number of rotatable bonds is 6. The molecule has 1 nitrogen and oxygen atoms in total. The first kappa shape index (κ1) is 42.4. The third kappa shape index (κ3) is 5.67. The molecule has 0 aromatic heterocycles. The molecule has 3 aliphatic rings. The molecule has 3 heterocycles. The predicted octanol–water partition coefficient (Wildman–Crippen LogP) is 16.6. The monoisotopic (exact) mass is 867 g/mol. The van der Waals surface area contributed by atoms with Gasteiger partial charge in [-0.3, -0.25) is 0 Å². The van der Waals surface area contributed by atoms with Gasteiger partial charge in [0.15, 0.2) is 0 Å². The zero-order valence-electron chi connectivity index (χ0n) is 39.3. The van der Waals surface area contributed by atoms with Crippen molar-refractivity contribution in [3.8, 4) is 0 Å². The van der Waals surface area contributed by atoms with Crippen molar-refractivity contribution in [2.75, 3.05) is 4.90 Å². The molecule has 67 heavy (non-hydrogen) atoms. The topological polar surface area (TPSA) is 3.24 Å². The number of hydrogen-bond acceptors (Lipinski definition) is 1. The average molecular weight is 868 g/mol. The largest absolute Gasteiger partial charge is 0.308 e. The minimum atomic E-state index is -0.688. The van der Waals surface area contributed by atoms with E-state index in [9.17, 15) is 0 Å². The second kappa shape index (κ2) is 15.2. The molecule has 0 spiro atoms. The minimum Gasteiger partial charge on any atom is -0.308 e. The van der Waals surface area contributed by atoms with E-state index in [1.807, 2.05) is 0 Å². The van der Waals surface area contributed by atoms with E-state index < -0.39 is 16.2 Å². The van der Waals surface area contributed by atoms with E-state index in [0.29, 0.717) is 0 Å². The molecule has 12 rings (SSSR count). The number of hydrogen-bond donors (Lipinski definition) is 0. The normalized spacial score (nSPS) is 15.1. The van der Waals surface area contributed by atoms with Gasteiger partial charge in [-0.1, -0.05) is 240 Å². The highest BCUT2D eigenvalue weighted by atomic mass is 15.2. The van der Waals surface area contributed by atoms with Gasteiger partial charge in [-0.2, -0.15) is 0 Å². The highest BCUT2D eigenvalue weighted by Crippen LogP contribution is 2.71. The third-order valence-electron chi connectivity index (χ3n) is 15.5. The Labute approximate surface area is 400 Å². The van der Waals surface area contributed by atoms with Crippen LogP contribution in [-0.2, 0) is 16.2 Å². The van der Waals surface area contributed by atoms with E-state index in [1.165, 1.54) is 128 Å². The number of aryl methyl sites for hydroxylation is 8. The predicted molar refractivity (Wildman–Crippen MR) is 283 cm³/mol. The van der Waals surface area contributed by atoms with Crippen LogP contribution < -0.4 is 4.90 Å². The van der Waals surface area contributed by atoms with Crippen LogP contribution in [-0.4, -0.2) is 0 Å². The van der Waals surface area contributed by atoms with Crippen LogP contribution >= 0.6 is 0 Å². The highest BCUT2D eigenvalue weighted by molar-refractivity contribution is 6.03. The standard InChI is InChI=1S/C65H55N.CH4.H2/c1-40-12-24-48(25-13-40)63(49-26-14-41(2)15-27-49)54-10-9-11-55-60(54)66-61-56(63)36-46(7)38-58(61)65(52-32-20-44(5)21-33-52,53-34-22-45(6)23-35-53)59-39-47(8)37-57(62(59)66)64(55,50-28-16-42(3)17-29-50)51-30-18-43(4)19-31-51;;/h9-39H,1-8H3;1H4;1H. The molecule has 1 heteroatoms. The van der Waals surface area contributed by atoms with E-state index >= 15 is 0 Å². The smallest absolute Gasteiger partial charge is 0.0742 e. The van der Waals surface area contributed by atoms with Gasteiger partial charge >= 0.3 is 0 Å². The first-order chi connectivity index (χ1) is 32.0. The Bertz CT molecular complexity index is 3080. The van der Waals surface area contributed by atoms with Crippen molar-refractivity contribution in [2.45, 2.75) is 79.1 Å². The van der Waals surface area contributed by atoms with Gasteiger partial charge in [0.1, 0.15) is 0 Å². The molecule has 3 aliphatic heterocycles. The second-order valence-electron chi connectivity index (χ2n) is 19.9. The lowest BCUT2D eigenvalue weighted by Gasteiger charge is -2.58. The second-order valence-corrected chi connectivity index (χ2v) is 19.9. The molecule has 0 fully saturated rings. The van der Waals surface area contributed by atoms with Crippen LogP contribution in [0.2, 0.25) is 0 Å². The SMILES string of the molecule is C.Cc1ccc(C2(c3ccc(C)cc3)c3cccc4c3N3c5c2cc(C)cc5C(c2ccc(C)cc2)(c2ccc(C)cc2)c2cc(C)cc(c23)C4(c2ccc(C)cc2)c2ccc(C)cc2)cc1.[HH]. The Morgan fingerprint density at radius 3 is 0.672 bits per heavy atom. The summed E-state index contributed by atoms with van der Waals surface area (Å²) in [6, 6.07) is 74.2. The summed E-state index contributed by atoms with van der Waals surface area (Å²) in [5.74, 6) is 0. The van der Waals surface area contributed by atoms with E-state index in [2.05, 4.69) is 248 Å². The zero-order chi connectivity index (χ0) is 45.3. The molecule has 0 atom stereocenters. The molecule has 0 N–H and O–H groups in total. The Hall–Kier alpha value is -7.22. The fourth-order valence-electron chi connectivity index (χ4n) is 12.5. The fourth-order valence-corrected chi connectivity index (χ4v) is 12.5. The lowest BCUT2D eigenvalue weighted by atomic mass is 9.52. The molecular formula is C66H61N. The molecule has 0 amide bonds. The van der Waals surface area contributed by atoms with Crippen LogP contribution in [0.5, 0.6) is 0 Å². The van der Waals surface area contributed by atoms with Crippen LogP contribution in [0.15, 0.2) is 188 Å². The van der Waals surface area contributed by atoms with Crippen LogP contribution in [0, 0.1) is 55.4 Å². The van der Waals surface area contributed by atoms with Crippen molar-refractivity contribution in [2.24, 2.45) is 0 Å². The van der Waals surface area contributed by atoms with Gasteiger partial charge in [0, 0.05) is 1.43 Å². The molecule has 0 saturated heterocycles. The van der Waals surface area contributed by atoms with Crippen LogP contribution in [0.1, 0.15) is 120 Å². The quantitative estimate of drug-likeness (QED) is 0.161. The van der Waals surface area contributed by atoms with Crippen LogP contribution in [0.4, 0.5) is 17.1 Å². The summed E-state index contributed by atoms with van der Waals surface area (Å²) in [5, 5.41) is 0. The van der Waals surface area contributed by atoms with Gasteiger partial charge in [-0.25, -0.2) is 0 Å². The third-order valence-corrected chi connectivity index (χ3v) is 15.5. The van der Waals surface area contributed by atoms with Crippen molar-refractivity contribution >= 4 is 17.1 Å². The molecule has 0 unspecified atom stereocenters. The van der Waals surface area contributed by atoms with E-state index in [0.717, 1.165) is 0 Å².